The summed E-state index contributed by atoms with van der Waals surface area (Å²) in [6.45, 7) is 12.9. The number of rotatable bonds is 5. The Morgan fingerprint density at radius 2 is 1.53 bits per heavy atom. The Labute approximate surface area is 105 Å². The number of nitrogens with two attached hydrogens (primary N) is 2. The van der Waals surface area contributed by atoms with Crippen LogP contribution in [0.15, 0.2) is 0 Å². The molecule has 17 heavy (non-hydrogen) atoms. The quantitative estimate of drug-likeness (QED) is 0.723. The molecule has 0 saturated carbocycles. The number of carbonyl (C=O) groups excluding carboxylic acids is 1. The smallest absolute Gasteiger partial charge is 0.313 e. The van der Waals surface area contributed by atoms with Gasteiger partial charge >= 0.3 is 5.97 Å². The molecular weight excluding hydrogens is 216 g/mol. The standard InChI is InChI=1S/C13H28N2O2/c1-9(2)17-10(16)13(7,12(5,6)15)8-11(3,4)14/h9H,8,14-15H2,1-7H3. The molecule has 4 N–H and O–H groups in total. The first-order chi connectivity index (χ1) is 7.29. The third-order valence-corrected chi connectivity index (χ3v) is 3.02. The van der Waals surface area contributed by atoms with Crippen molar-refractivity contribution < 1.29 is 9.53 Å². The third-order valence-electron chi connectivity index (χ3n) is 3.02. The molecule has 0 rings (SSSR count). The van der Waals surface area contributed by atoms with E-state index in [0.717, 1.165) is 0 Å². The van der Waals surface area contributed by atoms with Gasteiger partial charge in [-0.1, -0.05) is 0 Å². The molecule has 4 heteroatoms. The van der Waals surface area contributed by atoms with Crippen molar-refractivity contribution in [3.63, 3.8) is 0 Å². The average molecular weight is 244 g/mol. The van der Waals surface area contributed by atoms with Crippen LogP contribution in [0, 0.1) is 5.41 Å². The number of hydrogen-bond donors (Lipinski definition) is 2. The van der Waals surface area contributed by atoms with Crippen molar-refractivity contribution in [2.24, 2.45) is 16.9 Å². The molecule has 0 aliphatic heterocycles. The van der Waals surface area contributed by atoms with Crippen LogP contribution in [-0.4, -0.2) is 23.2 Å². The zero-order valence-electron chi connectivity index (χ0n) is 12.3. The lowest BCUT2D eigenvalue weighted by Gasteiger charge is -2.43. The van der Waals surface area contributed by atoms with Crippen LogP contribution < -0.4 is 11.5 Å². The predicted octanol–water partition coefficient (Wildman–Crippen LogP) is 1.81. The zero-order valence-corrected chi connectivity index (χ0v) is 12.3. The molecule has 0 aromatic heterocycles. The van der Waals surface area contributed by atoms with Crippen LogP contribution >= 0.6 is 0 Å². The van der Waals surface area contributed by atoms with Crippen LogP contribution in [0.3, 0.4) is 0 Å². The second-order valence-corrected chi connectivity index (χ2v) is 6.67. The van der Waals surface area contributed by atoms with Gasteiger partial charge in [0.15, 0.2) is 0 Å². The predicted molar refractivity (Wildman–Crippen MR) is 70.5 cm³/mol. The summed E-state index contributed by atoms with van der Waals surface area (Å²) in [6.07, 6.45) is 0.333. The highest BCUT2D eigenvalue weighted by atomic mass is 16.5. The molecular formula is C13H28N2O2. The topological polar surface area (TPSA) is 78.3 Å². The molecule has 0 fully saturated rings. The largest absolute Gasteiger partial charge is 0.463 e. The van der Waals surface area contributed by atoms with Gasteiger partial charge in [0.1, 0.15) is 0 Å². The molecule has 0 radical (unpaired) electrons. The Balaban J connectivity index is 5.20. The Bertz CT molecular complexity index is 274. The first-order valence-electron chi connectivity index (χ1n) is 6.08. The summed E-state index contributed by atoms with van der Waals surface area (Å²) in [5, 5.41) is 0. The van der Waals surface area contributed by atoms with Gasteiger partial charge in [0.05, 0.1) is 11.5 Å². The summed E-state index contributed by atoms with van der Waals surface area (Å²) in [4.78, 5) is 12.2. The number of carbonyl (C=O) groups is 1. The second kappa shape index (κ2) is 4.94. The molecule has 0 aliphatic carbocycles. The fourth-order valence-electron chi connectivity index (χ4n) is 1.82. The maximum absolute atomic E-state index is 12.2. The van der Waals surface area contributed by atoms with Gasteiger partial charge < -0.3 is 16.2 Å². The van der Waals surface area contributed by atoms with Crippen LogP contribution in [0.25, 0.3) is 0 Å². The van der Waals surface area contributed by atoms with E-state index < -0.39 is 16.5 Å². The van der Waals surface area contributed by atoms with Crippen LogP contribution in [-0.2, 0) is 9.53 Å². The molecule has 0 aromatic carbocycles. The van der Waals surface area contributed by atoms with E-state index in [2.05, 4.69) is 0 Å². The lowest BCUT2D eigenvalue weighted by molar-refractivity contribution is -0.164. The van der Waals surface area contributed by atoms with Gasteiger partial charge in [-0.2, -0.15) is 0 Å². The van der Waals surface area contributed by atoms with Gasteiger partial charge in [0.2, 0.25) is 0 Å². The number of hydrogen-bond acceptors (Lipinski definition) is 4. The Kier molecular flexibility index (Phi) is 4.77. The molecule has 0 saturated heterocycles. The Morgan fingerprint density at radius 1 is 1.12 bits per heavy atom. The minimum absolute atomic E-state index is 0.148. The maximum atomic E-state index is 12.2. The van der Waals surface area contributed by atoms with Crippen LogP contribution in [0.4, 0.5) is 0 Å². The second-order valence-electron chi connectivity index (χ2n) is 6.67. The van der Waals surface area contributed by atoms with E-state index in [-0.39, 0.29) is 12.1 Å². The SMILES string of the molecule is CC(C)OC(=O)C(C)(CC(C)(C)N)C(C)(C)N. The summed E-state index contributed by atoms with van der Waals surface area (Å²) in [5.74, 6) is -0.279. The number of ether oxygens (including phenoxy) is 1. The highest BCUT2D eigenvalue weighted by molar-refractivity contribution is 5.78. The van der Waals surface area contributed by atoms with Crippen molar-refractivity contribution >= 4 is 5.97 Å². The fourth-order valence-corrected chi connectivity index (χ4v) is 1.82. The van der Waals surface area contributed by atoms with Crippen LogP contribution in [0.2, 0.25) is 0 Å². The highest BCUT2D eigenvalue weighted by Crippen LogP contribution is 2.38. The molecule has 0 aliphatic rings. The van der Waals surface area contributed by atoms with Gasteiger partial charge in [-0.3, -0.25) is 4.79 Å². The highest BCUT2D eigenvalue weighted by Gasteiger charge is 2.48. The molecule has 0 amide bonds. The molecule has 0 spiro atoms. The van der Waals surface area contributed by atoms with Crippen molar-refractivity contribution in [3.05, 3.63) is 0 Å². The van der Waals surface area contributed by atoms with E-state index in [0.29, 0.717) is 6.42 Å². The first-order valence-corrected chi connectivity index (χ1v) is 6.08. The van der Waals surface area contributed by atoms with E-state index in [1.807, 2.05) is 48.5 Å². The Hall–Kier alpha value is -0.610. The van der Waals surface area contributed by atoms with E-state index in [4.69, 9.17) is 16.2 Å². The summed E-state index contributed by atoms with van der Waals surface area (Å²) in [7, 11) is 0. The molecule has 0 heterocycles. The molecule has 4 nitrogen and oxygen atoms in total. The molecule has 102 valence electrons. The minimum Gasteiger partial charge on any atom is -0.463 e. The van der Waals surface area contributed by atoms with Gasteiger partial charge in [0.25, 0.3) is 0 Å². The summed E-state index contributed by atoms with van der Waals surface area (Å²) in [5.41, 5.74) is 10.2. The molecule has 1 atom stereocenters. The van der Waals surface area contributed by atoms with E-state index >= 15 is 0 Å². The summed E-state index contributed by atoms with van der Waals surface area (Å²) >= 11 is 0. The van der Waals surface area contributed by atoms with E-state index in [1.54, 1.807) is 0 Å². The van der Waals surface area contributed by atoms with Crippen molar-refractivity contribution in [2.75, 3.05) is 0 Å². The summed E-state index contributed by atoms with van der Waals surface area (Å²) < 4.78 is 5.31. The van der Waals surface area contributed by atoms with Crippen molar-refractivity contribution in [1.29, 1.82) is 0 Å². The summed E-state index contributed by atoms with van der Waals surface area (Å²) in [6, 6.07) is 0. The van der Waals surface area contributed by atoms with Gasteiger partial charge in [-0.15, -0.1) is 0 Å². The van der Waals surface area contributed by atoms with Crippen LogP contribution in [0.5, 0.6) is 0 Å². The third kappa shape index (κ3) is 4.64. The molecule has 0 aromatic rings. The zero-order chi connectivity index (χ0) is 14.1. The lowest BCUT2D eigenvalue weighted by atomic mass is 9.67. The minimum atomic E-state index is -0.796. The monoisotopic (exact) mass is 244 g/mol. The lowest BCUT2D eigenvalue weighted by Crippen LogP contribution is -2.58. The van der Waals surface area contributed by atoms with Gasteiger partial charge in [0, 0.05) is 11.1 Å². The first kappa shape index (κ1) is 16.4. The number of esters is 1. The van der Waals surface area contributed by atoms with Crippen LogP contribution in [0.1, 0.15) is 54.9 Å². The van der Waals surface area contributed by atoms with Crippen molar-refractivity contribution in [2.45, 2.75) is 72.1 Å². The fraction of sp³-hybridized carbons (Fsp3) is 0.923. The van der Waals surface area contributed by atoms with E-state index in [1.165, 1.54) is 0 Å². The van der Waals surface area contributed by atoms with Gasteiger partial charge in [-0.05, 0) is 54.9 Å². The van der Waals surface area contributed by atoms with Gasteiger partial charge in [-0.25, -0.2) is 0 Å². The Morgan fingerprint density at radius 3 is 1.76 bits per heavy atom. The van der Waals surface area contributed by atoms with E-state index in [9.17, 15) is 4.79 Å². The normalized spacial score (nSPS) is 16.8. The maximum Gasteiger partial charge on any atom is 0.313 e. The average Bonchev–Trinajstić information content (AvgIpc) is 1.96. The molecule has 0 bridgehead atoms. The van der Waals surface area contributed by atoms with Crippen molar-refractivity contribution in [3.8, 4) is 0 Å². The molecule has 1 unspecified atom stereocenters. The van der Waals surface area contributed by atoms with Crippen molar-refractivity contribution in [1.82, 2.24) is 0 Å².